The highest BCUT2D eigenvalue weighted by Crippen LogP contribution is 2.23. The van der Waals surface area contributed by atoms with Gasteiger partial charge in [-0.05, 0) is 38.5 Å². The molecule has 2 aromatic rings. The number of rotatable bonds is 7. The van der Waals surface area contributed by atoms with E-state index in [1.807, 2.05) is 44.2 Å². The maximum absolute atomic E-state index is 12.1. The number of thioether (sulfide) groups is 1. The van der Waals surface area contributed by atoms with E-state index in [4.69, 9.17) is 0 Å². The minimum absolute atomic E-state index is 0.0119. The van der Waals surface area contributed by atoms with Crippen molar-refractivity contribution in [3.8, 4) is 0 Å². The molecule has 0 aliphatic heterocycles. The highest BCUT2D eigenvalue weighted by atomic mass is 32.2. The highest BCUT2D eigenvalue weighted by Gasteiger charge is 2.13. The zero-order chi connectivity index (χ0) is 16.7. The van der Waals surface area contributed by atoms with Crippen LogP contribution >= 0.6 is 11.8 Å². The zero-order valence-corrected chi connectivity index (χ0v) is 14.3. The van der Waals surface area contributed by atoms with Crippen molar-refractivity contribution in [2.24, 2.45) is 0 Å². The Bertz CT molecular complexity index is 695. The standard InChI is InChI=1S/C18H22N2O2S/c1-14-7-9-16(10-8-14)23-15(2)18(22)19-11-5-13-20-12-4-3-6-17(20)21/h3-4,6-10,12,15H,5,11,13H2,1-2H3,(H,19,22)/t15-/m1/s1. The average Bonchev–Trinajstić information content (AvgIpc) is 2.55. The summed E-state index contributed by atoms with van der Waals surface area (Å²) in [5.41, 5.74) is 1.20. The molecule has 0 aliphatic carbocycles. The van der Waals surface area contributed by atoms with Gasteiger partial charge >= 0.3 is 0 Å². The number of nitrogens with zero attached hydrogens (tertiary/aromatic N) is 1. The van der Waals surface area contributed by atoms with Gasteiger partial charge < -0.3 is 9.88 Å². The summed E-state index contributed by atoms with van der Waals surface area (Å²) < 4.78 is 1.65. The SMILES string of the molecule is Cc1ccc(S[C@H](C)C(=O)NCCCn2ccccc2=O)cc1. The summed E-state index contributed by atoms with van der Waals surface area (Å²) >= 11 is 1.55. The molecule has 1 aromatic carbocycles. The van der Waals surface area contributed by atoms with E-state index >= 15 is 0 Å². The number of hydrogen-bond acceptors (Lipinski definition) is 3. The Kier molecular flexibility index (Phi) is 6.47. The van der Waals surface area contributed by atoms with Crippen molar-refractivity contribution in [2.45, 2.75) is 37.0 Å². The van der Waals surface area contributed by atoms with Gasteiger partial charge in [-0.2, -0.15) is 0 Å². The second kappa shape index (κ2) is 8.58. The van der Waals surface area contributed by atoms with Crippen LogP contribution in [-0.4, -0.2) is 22.3 Å². The fourth-order valence-electron chi connectivity index (χ4n) is 2.12. The normalized spacial score (nSPS) is 11.9. The Labute approximate surface area is 140 Å². The summed E-state index contributed by atoms with van der Waals surface area (Å²) in [4.78, 5) is 24.7. The van der Waals surface area contributed by atoms with Gasteiger partial charge in [-0.25, -0.2) is 0 Å². The molecule has 23 heavy (non-hydrogen) atoms. The van der Waals surface area contributed by atoms with Gasteiger partial charge in [0.15, 0.2) is 0 Å². The number of aromatic nitrogens is 1. The van der Waals surface area contributed by atoms with Gasteiger partial charge in [0, 0.05) is 30.2 Å². The third-order valence-corrected chi connectivity index (χ3v) is 4.59. The molecule has 1 N–H and O–H groups in total. The lowest BCUT2D eigenvalue weighted by Gasteiger charge is -2.12. The minimum Gasteiger partial charge on any atom is -0.355 e. The van der Waals surface area contributed by atoms with Crippen LogP contribution in [0.5, 0.6) is 0 Å². The topological polar surface area (TPSA) is 51.1 Å². The van der Waals surface area contributed by atoms with E-state index in [2.05, 4.69) is 5.32 Å². The Hall–Kier alpha value is -2.01. The number of nitrogens with one attached hydrogen (secondary N) is 1. The third-order valence-electron chi connectivity index (χ3n) is 3.48. The molecule has 5 heteroatoms. The van der Waals surface area contributed by atoms with Crippen molar-refractivity contribution < 1.29 is 4.79 Å². The molecule has 1 aromatic heterocycles. The van der Waals surface area contributed by atoms with Crippen LogP contribution < -0.4 is 10.9 Å². The molecule has 0 radical (unpaired) electrons. The largest absolute Gasteiger partial charge is 0.355 e. The Morgan fingerprint density at radius 2 is 1.96 bits per heavy atom. The first-order valence-electron chi connectivity index (χ1n) is 7.73. The molecule has 4 nitrogen and oxygen atoms in total. The van der Waals surface area contributed by atoms with Crippen molar-refractivity contribution in [1.29, 1.82) is 0 Å². The number of pyridine rings is 1. The highest BCUT2D eigenvalue weighted by molar-refractivity contribution is 8.00. The molecule has 0 unspecified atom stereocenters. The van der Waals surface area contributed by atoms with Gasteiger partial charge in [0.05, 0.1) is 5.25 Å². The van der Waals surface area contributed by atoms with Crippen LogP contribution in [0.1, 0.15) is 18.9 Å². The quantitative estimate of drug-likeness (QED) is 0.627. The van der Waals surface area contributed by atoms with Crippen molar-refractivity contribution in [2.75, 3.05) is 6.54 Å². The minimum atomic E-state index is -0.142. The molecule has 1 amide bonds. The van der Waals surface area contributed by atoms with E-state index in [0.29, 0.717) is 13.1 Å². The lowest BCUT2D eigenvalue weighted by molar-refractivity contribution is -0.120. The monoisotopic (exact) mass is 330 g/mol. The maximum Gasteiger partial charge on any atom is 0.250 e. The van der Waals surface area contributed by atoms with Crippen molar-refractivity contribution in [3.63, 3.8) is 0 Å². The van der Waals surface area contributed by atoms with E-state index in [9.17, 15) is 9.59 Å². The first kappa shape index (κ1) is 17.3. The Morgan fingerprint density at radius 3 is 2.65 bits per heavy atom. The van der Waals surface area contributed by atoms with Crippen LogP contribution in [0.4, 0.5) is 0 Å². The van der Waals surface area contributed by atoms with Gasteiger partial charge in [-0.3, -0.25) is 9.59 Å². The van der Waals surface area contributed by atoms with Crippen LogP contribution in [0.25, 0.3) is 0 Å². The Morgan fingerprint density at radius 1 is 1.22 bits per heavy atom. The molecule has 1 atom stereocenters. The van der Waals surface area contributed by atoms with Crippen molar-refractivity contribution >= 4 is 17.7 Å². The molecule has 122 valence electrons. The van der Waals surface area contributed by atoms with Crippen LogP contribution in [0.2, 0.25) is 0 Å². The third kappa shape index (κ3) is 5.60. The molecule has 1 heterocycles. The summed E-state index contributed by atoms with van der Waals surface area (Å²) in [7, 11) is 0. The summed E-state index contributed by atoms with van der Waals surface area (Å²) in [6, 6.07) is 13.3. The molecule has 0 bridgehead atoms. The summed E-state index contributed by atoms with van der Waals surface area (Å²) in [6.07, 6.45) is 2.50. The summed E-state index contributed by atoms with van der Waals surface area (Å²) in [5.74, 6) is 0.0241. The zero-order valence-electron chi connectivity index (χ0n) is 13.5. The predicted octanol–water partition coefficient (Wildman–Crippen LogP) is 2.84. The van der Waals surface area contributed by atoms with E-state index in [1.165, 1.54) is 5.56 Å². The number of aryl methyl sites for hydroxylation is 2. The second-order valence-corrected chi connectivity index (χ2v) is 6.86. The van der Waals surface area contributed by atoms with Crippen molar-refractivity contribution in [1.82, 2.24) is 9.88 Å². The second-order valence-electron chi connectivity index (χ2n) is 5.45. The fourth-order valence-corrected chi connectivity index (χ4v) is 3.02. The number of carbonyl (C=O) groups excluding carboxylic acids is 1. The first-order chi connectivity index (χ1) is 11.1. The molecule has 0 saturated carbocycles. The number of hydrogen-bond donors (Lipinski definition) is 1. The van der Waals surface area contributed by atoms with Crippen LogP contribution in [0, 0.1) is 6.92 Å². The lowest BCUT2D eigenvalue weighted by atomic mass is 10.2. The Balaban J connectivity index is 1.73. The van der Waals surface area contributed by atoms with E-state index in [-0.39, 0.29) is 16.7 Å². The molecule has 0 spiro atoms. The van der Waals surface area contributed by atoms with Gasteiger partial charge in [0.2, 0.25) is 11.5 Å². The lowest BCUT2D eigenvalue weighted by Crippen LogP contribution is -2.32. The summed E-state index contributed by atoms with van der Waals surface area (Å²) in [5, 5.41) is 2.79. The van der Waals surface area contributed by atoms with Gasteiger partial charge in [0.1, 0.15) is 0 Å². The van der Waals surface area contributed by atoms with Crippen LogP contribution in [-0.2, 0) is 11.3 Å². The molecule has 0 aliphatic rings. The smallest absolute Gasteiger partial charge is 0.250 e. The molecular weight excluding hydrogens is 308 g/mol. The van der Waals surface area contributed by atoms with Gasteiger partial charge in [-0.1, -0.05) is 23.8 Å². The number of amides is 1. The molecule has 0 fully saturated rings. The molecule has 0 saturated heterocycles. The molecular formula is C18H22N2O2S. The predicted molar refractivity (Wildman–Crippen MR) is 94.8 cm³/mol. The number of carbonyl (C=O) groups is 1. The van der Waals surface area contributed by atoms with E-state index < -0.39 is 0 Å². The average molecular weight is 330 g/mol. The van der Waals surface area contributed by atoms with E-state index in [0.717, 1.165) is 11.3 Å². The maximum atomic E-state index is 12.1. The van der Waals surface area contributed by atoms with Crippen LogP contribution in [0.3, 0.4) is 0 Å². The first-order valence-corrected chi connectivity index (χ1v) is 8.61. The van der Waals surface area contributed by atoms with Crippen molar-refractivity contribution in [3.05, 3.63) is 64.6 Å². The van der Waals surface area contributed by atoms with Crippen LogP contribution in [0.15, 0.2) is 58.4 Å². The summed E-state index contributed by atoms with van der Waals surface area (Å²) in [6.45, 7) is 5.13. The van der Waals surface area contributed by atoms with Gasteiger partial charge in [0.25, 0.3) is 0 Å². The van der Waals surface area contributed by atoms with Gasteiger partial charge in [-0.15, -0.1) is 11.8 Å². The fraction of sp³-hybridized carbons (Fsp3) is 0.333. The van der Waals surface area contributed by atoms with E-state index in [1.54, 1.807) is 34.7 Å². The number of benzene rings is 1. The molecule has 2 rings (SSSR count).